The molecule has 3 rings (SSSR count). The Hall–Kier alpha value is -2.98. The van der Waals surface area contributed by atoms with Gasteiger partial charge in [-0.25, -0.2) is 4.79 Å². The third-order valence-electron chi connectivity index (χ3n) is 4.48. The summed E-state index contributed by atoms with van der Waals surface area (Å²) in [6.07, 6.45) is 2.26. The fourth-order valence-corrected chi connectivity index (χ4v) is 3.85. The second kappa shape index (κ2) is 9.99. The van der Waals surface area contributed by atoms with E-state index in [4.69, 9.17) is 9.84 Å². The minimum absolute atomic E-state index is 0.326. The van der Waals surface area contributed by atoms with Crippen molar-refractivity contribution in [2.24, 2.45) is 0 Å². The highest BCUT2D eigenvalue weighted by Crippen LogP contribution is 2.28. The molecule has 0 bridgehead atoms. The molecule has 0 aliphatic rings. The van der Waals surface area contributed by atoms with Crippen molar-refractivity contribution in [2.45, 2.75) is 18.7 Å². The maximum absolute atomic E-state index is 10.7. The molecule has 0 fully saturated rings. The van der Waals surface area contributed by atoms with Crippen LogP contribution in [0.3, 0.4) is 0 Å². The van der Waals surface area contributed by atoms with E-state index < -0.39 is 5.97 Å². The lowest BCUT2D eigenvalue weighted by molar-refractivity contribution is -0.139. The standard InChI is InChI=1S/C25H24O3S/c1-18-8-10-21(11-9-18)23(20-6-4-3-5-7-20)14-15-29-22-12-13-24(19(2)16-22)28-17-25(26)27/h3-14,16H,15,17H2,1-2H3,(H,26,27). The Morgan fingerprint density at radius 2 is 1.66 bits per heavy atom. The second-order valence-electron chi connectivity index (χ2n) is 6.77. The number of aliphatic carboxylic acids is 1. The first-order valence-corrected chi connectivity index (χ1v) is 10.4. The number of aryl methyl sites for hydroxylation is 2. The summed E-state index contributed by atoms with van der Waals surface area (Å²) in [4.78, 5) is 11.8. The molecule has 3 nitrogen and oxygen atoms in total. The third-order valence-corrected chi connectivity index (χ3v) is 5.40. The molecule has 0 aliphatic carbocycles. The lowest BCUT2D eigenvalue weighted by atomic mass is 9.97. The Labute approximate surface area is 176 Å². The van der Waals surface area contributed by atoms with Crippen molar-refractivity contribution in [2.75, 3.05) is 12.4 Å². The predicted molar refractivity (Wildman–Crippen MR) is 120 cm³/mol. The average Bonchev–Trinajstić information content (AvgIpc) is 2.72. The molecule has 1 N–H and O–H groups in total. The van der Waals surface area contributed by atoms with Gasteiger partial charge in [-0.1, -0.05) is 66.2 Å². The van der Waals surface area contributed by atoms with Crippen LogP contribution in [0.25, 0.3) is 5.57 Å². The molecular formula is C25H24O3S. The van der Waals surface area contributed by atoms with E-state index in [1.165, 1.54) is 22.3 Å². The maximum Gasteiger partial charge on any atom is 0.341 e. The Morgan fingerprint density at radius 3 is 2.31 bits per heavy atom. The number of carbonyl (C=O) groups is 1. The van der Waals surface area contributed by atoms with Crippen LogP contribution in [0.15, 0.2) is 83.8 Å². The molecule has 0 aliphatic heterocycles. The van der Waals surface area contributed by atoms with E-state index in [0.29, 0.717) is 5.75 Å². The number of hydrogen-bond donors (Lipinski definition) is 1. The van der Waals surface area contributed by atoms with Crippen LogP contribution in [0, 0.1) is 13.8 Å². The Morgan fingerprint density at radius 1 is 0.966 bits per heavy atom. The molecule has 148 valence electrons. The monoisotopic (exact) mass is 404 g/mol. The third kappa shape index (κ3) is 6.00. The number of carboxylic acid groups (broad SMARTS) is 1. The molecule has 4 heteroatoms. The summed E-state index contributed by atoms with van der Waals surface area (Å²) in [7, 11) is 0. The molecule has 3 aromatic carbocycles. The fourth-order valence-electron chi connectivity index (χ4n) is 2.99. The summed E-state index contributed by atoms with van der Waals surface area (Å²) in [5.41, 5.74) is 5.80. The number of hydrogen-bond acceptors (Lipinski definition) is 3. The van der Waals surface area contributed by atoms with Gasteiger partial charge in [-0.2, -0.15) is 0 Å². The van der Waals surface area contributed by atoms with Crippen molar-refractivity contribution in [3.05, 3.63) is 101 Å². The Kier molecular flexibility index (Phi) is 7.14. The molecule has 0 saturated carbocycles. The normalized spacial score (nSPS) is 11.3. The van der Waals surface area contributed by atoms with Gasteiger partial charge in [-0.15, -0.1) is 11.8 Å². The van der Waals surface area contributed by atoms with Crippen molar-refractivity contribution in [1.82, 2.24) is 0 Å². The second-order valence-corrected chi connectivity index (χ2v) is 7.86. The predicted octanol–water partition coefficient (Wildman–Crippen LogP) is 5.99. The van der Waals surface area contributed by atoms with Crippen LogP contribution in [-0.2, 0) is 4.79 Å². The van der Waals surface area contributed by atoms with Gasteiger partial charge in [-0.3, -0.25) is 0 Å². The van der Waals surface area contributed by atoms with Crippen LogP contribution >= 0.6 is 11.8 Å². The van der Waals surface area contributed by atoms with Gasteiger partial charge in [0.2, 0.25) is 0 Å². The van der Waals surface area contributed by atoms with Gasteiger partial charge in [0.1, 0.15) is 5.75 Å². The van der Waals surface area contributed by atoms with Crippen LogP contribution in [0.5, 0.6) is 5.75 Å². The Balaban J connectivity index is 1.75. The van der Waals surface area contributed by atoms with Crippen molar-refractivity contribution in [1.29, 1.82) is 0 Å². The van der Waals surface area contributed by atoms with Crippen molar-refractivity contribution < 1.29 is 14.6 Å². The van der Waals surface area contributed by atoms with Gasteiger partial charge in [-0.05, 0) is 54.3 Å². The highest BCUT2D eigenvalue weighted by molar-refractivity contribution is 7.99. The number of ether oxygens (including phenoxy) is 1. The molecule has 0 heterocycles. The molecule has 0 atom stereocenters. The summed E-state index contributed by atoms with van der Waals surface area (Å²) in [5.74, 6) is 0.460. The smallest absolute Gasteiger partial charge is 0.341 e. The van der Waals surface area contributed by atoms with Gasteiger partial charge >= 0.3 is 5.97 Å². The highest BCUT2D eigenvalue weighted by atomic mass is 32.2. The molecule has 0 spiro atoms. The molecular weight excluding hydrogens is 380 g/mol. The minimum Gasteiger partial charge on any atom is -0.482 e. The molecule has 3 aromatic rings. The zero-order chi connectivity index (χ0) is 20.6. The number of thioether (sulfide) groups is 1. The summed E-state index contributed by atoms with van der Waals surface area (Å²) in [5, 5.41) is 8.76. The van der Waals surface area contributed by atoms with E-state index >= 15 is 0 Å². The summed E-state index contributed by atoms with van der Waals surface area (Å²) >= 11 is 1.74. The minimum atomic E-state index is -0.975. The zero-order valence-electron chi connectivity index (χ0n) is 16.6. The van der Waals surface area contributed by atoms with E-state index in [1.54, 1.807) is 11.8 Å². The molecule has 0 aromatic heterocycles. The first kappa shape index (κ1) is 20.7. The fraction of sp³-hybridized carbons (Fsp3) is 0.160. The molecule has 0 unspecified atom stereocenters. The first-order valence-electron chi connectivity index (χ1n) is 9.43. The molecule has 0 saturated heterocycles. The molecule has 0 amide bonds. The molecule has 29 heavy (non-hydrogen) atoms. The van der Waals surface area contributed by atoms with E-state index in [1.807, 2.05) is 31.2 Å². The van der Waals surface area contributed by atoms with Crippen molar-refractivity contribution >= 4 is 23.3 Å². The van der Waals surface area contributed by atoms with Crippen LogP contribution in [0.2, 0.25) is 0 Å². The van der Waals surface area contributed by atoms with Gasteiger partial charge in [0, 0.05) is 10.6 Å². The first-order chi connectivity index (χ1) is 14.0. The van der Waals surface area contributed by atoms with Crippen LogP contribution in [-0.4, -0.2) is 23.4 Å². The van der Waals surface area contributed by atoms with E-state index in [2.05, 4.69) is 61.5 Å². The van der Waals surface area contributed by atoms with E-state index in [-0.39, 0.29) is 6.61 Å². The van der Waals surface area contributed by atoms with Gasteiger partial charge < -0.3 is 9.84 Å². The topological polar surface area (TPSA) is 46.5 Å². The number of carboxylic acids is 1. The number of rotatable bonds is 8. The average molecular weight is 405 g/mol. The number of benzene rings is 3. The summed E-state index contributed by atoms with van der Waals surface area (Å²) in [6.45, 7) is 3.70. The van der Waals surface area contributed by atoms with Crippen LogP contribution in [0.1, 0.15) is 22.3 Å². The highest BCUT2D eigenvalue weighted by Gasteiger charge is 2.06. The quantitative estimate of drug-likeness (QED) is 0.468. The lowest BCUT2D eigenvalue weighted by Gasteiger charge is -2.10. The van der Waals surface area contributed by atoms with Gasteiger partial charge in [0.25, 0.3) is 0 Å². The summed E-state index contributed by atoms with van der Waals surface area (Å²) < 4.78 is 5.30. The Bertz CT molecular complexity index is 992. The van der Waals surface area contributed by atoms with E-state index in [9.17, 15) is 4.79 Å². The van der Waals surface area contributed by atoms with Gasteiger partial charge in [0.15, 0.2) is 6.61 Å². The van der Waals surface area contributed by atoms with Crippen LogP contribution in [0.4, 0.5) is 0 Å². The SMILES string of the molecule is Cc1ccc(C(=CCSc2ccc(OCC(=O)O)c(C)c2)c2ccccc2)cc1. The van der Waals surface area contributed by atoms with Crippen LogP contribution < -0.4 is 4.74 Å². The lowest BCUT2D eigenvalue weighted by Crippen LogP contribution is -2.09. The molecule has 0 radical (unpaired) electrons. The maximum atomic E-state index is 10.7. The van der Waals surface area contributed by atoms with Gasteiger partial charge in [0.05, 0.1) is 0 Å². The summed E-state index contributed by atoms with van der Waals surface area (Å²) in [6, 6.07) is 24.9. The van der Waals surface area contributed by atoms with Crippen molar-refractivity contribution in [3.8, 4) is 5.75 Å². The largest absolute Gasteiger partial charge is 0.482 e. The van der Waals surface area contributed by atoms with E-state index in [0.717, 1.165) is 16.2 Å². The zero-order valence-corrected chi connectivity index (χ0v) is 17.4. The van der Waals surface area contributed by atoms with Crippen molar-refractivity contribution in [3.63, 3.8) is 0 Å².